The number of hydrogen-bond donors (Lipinski definition) is 2. The Kier molecular flexibility index (Phi) is 4.83. The Morgan fingerprint density at radius 1 is 1.77 bits per heavy atom. The van der Waals surface area contributed by atoms with E-state index in [1.165, 1.54) is 6.92 Å². The van der Waals surface area contributed by atoms with Crippen molar-refractivity contribution in [3.63, 3.8) is 0 Å². The van der Waals surface area contributed by atoms with Crippen LogP contribution in [0.15, 0.2) is 5.28 Å². The van der Waals surface area contributed by atoms with Crippen molar-refractivity contribution in [2.24, 2.45) is 16.7 Å². The van der Waals surface area contributed by atoms with Crippen molar-refractivity contribution in [3.05, 3.63) is 10.4 Å². The molecule has 0 aromatic heterocycles. The van der Waals surface area contributed by atoms with Crippen LogP contribution in [0, 0.1) is 0 Å². The number of nitrogens with zero attached hydrogens (tertiary/aromatic N) is 3. The van der Waals surface area contributed by atoms with Gasteiger partial charge in [0.2, 0.25) is 0 Å². The van der Waals surface area contributed by atoms with E-state index in [1.807, 2.05) is 0 Å². The van der Waals surface area contributed by atoms with Crippen molar-refractivity contribution in [1.82, 2.24) is 0 Å². The van der Waals surface area contributed by atoms with Gasteiger partial charge in [0.1, 0.15) is 10.8 Å². The van der Waals surface area contributed by atoms with Crippen LogP contribution in [-0.2, 0) is 9.63 Å². The SMILES string of the molecule is C[C@](N)(CCCN)C(=O)ON=[N+]=[N-]. The molecule has 0 aromatic carbocycles. The van der Waals surface area contributed by atoms with Gasteiger partial charge in [-0.05, 0) is 31.8 Å². The van der Waals surface area contributed by atoms with E-state index >= 15 is 0 Å². The number of azide groups is 1. The van der Waals surface area contributed by atoms with Crippen molar-refractivity contribution in [3.8, 4) is 0 Å². The fourth-order valence-corrected chi connectivity index (χ4v) is 0.731. The van der Waals surface area contributed by atoms with Crippen LogP contribution in [0.2, 0.25) is 0 Å². The lowest BCUT2D eigenvalue weighted by molar-refractivity contribution is -0.150. The van der Waals surface area contributed by atoms with E-state index < -0.39 is 11.5 Å². The van der Waals surface area contributed by atoms with Crippen LogP contribution in [-0.4, -0.2) is 18.1 Å². The Labute approximate surface area is 75.6 Å². The number of hydrogen-bond acceptors (Lipinski definition) is 5. The second-order valence-corrected chi connectivity index (χ2v) is 2.86. The van der Waals surface area contributed by atoms with E-state index in [-0.39, 0.29) is 0 Å². The van der Waals surface area contributed by atoms with Crippen molar-refractivity contribution in [2.75, 3.05) is 6.54 Å². The highest BCUT2D eigenvalue weighted by Crippen LogP contribution is 2.10. The molecule has 1 atom stereocenters. The monoisotopic (exact) mass is 187 g/mol. The summed E-state index contributed by atoms with van der Waals surface area (Å²) in [5.74, 6) is -0.751. The third-order valence-corrected chi connectivity index (χ3v) is 1.53. The smallest absolute Gasteiger partial charge is 0.337 e. The summed E-state index contributed by atoms with van der Waals surface area (Å²) < 4.78 is 0. The maximum atomic E-state index is 11.1. The van der Waals surface area contributed by atoms with E-state index in [1.54, 1.807) is 0 Å². The lowest BCUT2D eigenvalue weighted by atomic mass is 9.98. The number of nitrogens with two attached hydrogens (primary N) is 2. The average molecular weight is 187 g/mol. The van der Waals surface area contributed by atoms with Crippen molar-refractivity contribution in [2.45, 2.75) is 25.3 Å². The Balaban J connectivity index is 4.09. The van der Waals surface area contributed by atoms with E-state index in [9.17, 15) is 4.79 Å². The van der Waals surface area contributed by atoms with Gasteiger partial charge < -0.3 is 16.3 Å². The van der Waals surface area contributed by atoms with Gasteiger partial charge in [-0.25, -0.2) is 4.79 Å². The summed E-state index contributed by atoms with van der Waals surface area (Å²) >= 11 is 0. The second-order valence-electron chi connectivity index (χ2n) is 2.86. The molecule has 0 bridgehead atoms. The largest absolute Gasteiger partial charge is 0.357 e. The first kappa shape index (κ1) is 11.7. The molecule has 0 unspecified atom stereocenters. The van der Waals surface area contributed by atoms with Gasteiger partial charge in [0.15, 0.2) is 0 Å². The minimum atomic E-state index is -1.15. The summed E-state index contributed by atoms with van der Waals surface area (Å²) in [6, 6.07) is 0. The van der Waals surface area contributed by atoms with Gasteiger partial charge in [-0.2, -0.15) is 0 Å². The van der Waals surface area contributed by atoms with Crippen LogP contribution in [0.5, 0.6) is 0 Å². The van der Waals surface area contributed by atoms with Crippen LogP contribution < -0.4 is 11.5 Å². The van der Waals surface area contributed by atoms with Gasteiger partial charge in [-0.1, -0.05) is 0 Å². The molecule has 0 saturated heterocycles. The van der Waals surface area contributed by atoms with Crippen molar-refractivity contribution in [1.29, 1.82) is 0 Å². The van der Waals surface area contributed by atoms with E-state index in [2.05, 4.69) is 15.0 Å². The fourth-order valence-electron chi connectivity index (χ4n) is 0.731. The number of rotatable bonds is 5. The maximum Gasteiger partial charge on any atom is 0.337 e. The maximum absolute atomic E-state index is 11.1. The summed E-state index contributed by atoms with van der Waals surface area (Å²) in [5.41, 5.74) is 17.6. The van der Waals surface area contributed by atoms with E-state index in [4.69, 9.17) is 17.0 Å². The molecule has 0 spiro atoms. The van der Waals surface area contributed by atoms with Crippen molar-refractivity contribution >= 4 is 5.97 Å². The zero-order valence-corrected chi connectivity index (χ0v) is 7.43. The standard InChI is InChI=1S/C6H13N5O2/c1-6(8,3-2-4-7)5(12)13-11-10-9/h2-4,7-8H2,1H3/t6-/m0/s1. The first-order valence-corrected chi connectivity index (χ1v) is 3.79. The molecule has 7 nitrogen and oxygen atoms in total. The highest BCUT2D eigenvalue weighted by Gasteiger charge is 2.29. The molecule has 0 aliphatic carbocycles. The molecule has 0 amide bonds. The summed E-state index contributed by atoms with van der Waals surface area (Å²) in [7, 11) is 0. The highest BCUT2D eigenvalue weighted by atomic mass is 16.7. The van der Waals surface area contributed by atoms with Crippen LogP contribution in [0.4, 0.5) is 0 Å². The van der Waals surface area contributed by atoms with E-state index in [0.717, 1.165) is 0 Å². The third-order valence-electron chi connectivity index (χ3n) is 1.53. The van der Waals surface area contributed by atoms with Gasteiger partial charge in [0.05, 0.1) is 0 Å². The first-order valence-electron chi connectivity index (χ1n) is 3.79. The minimum absolute atomic E-state index is 0.392. The summed E-state index contributed by atoms with van der Waals surface area (Å²) in [6.45, 7) is 1.94. The number of carbonyl (C=O) groups is 1. The Morgan fingerprint density at radius 3 is 2.85 bits per heavy atom. The van der Waals surface area contributed by atoms with Gasteiger partial charge in [0, 0.05) is 4.91 Å². The van der Waals surface area contributed by atoms with Gasteiger partial charge >= 0.3 is 5.97 Å². The van der Waals surface area contributed by atoms with Gasteiger partial charge in [-0.3, -0.25) is 0 Å². The Morgan fingerprint density at radius 2 is 2.38 bits per heavy atom. The highest BCUT2D eigenvalue weighted by molar-refractivity contribution is 5.79. The predicted octanol–water partition coefficient (Wildman–Crippen LogP) is 0.211. The van der Waals surface area contributed by atoms with Gasteiger partial charge in [0.25, 0.3) is 0 Å². The Bertz CT molecular complexity index is 221. The molecule has 0 heterocycles. The predicted molar refractivity (Wildman–Crippen MR) is 46.1 cm³/mol. The zero-order chi connectivity index (χ0) is 10.3. The molecule has 7 heteroatoms. The molecular weight excluding hydrogens is 174 g/mol. The molecule has 0 rings (SSSR count). The van der Waals surface area contributed by atoms with Crippen molar-refractivity contribution < 1.29 is 9.63 Å². The molecule has 0 fully saturated rings. The molecule has 74 valence electrons. The van der Waals surface area contributed by atoms with Crippen LogP contribution in [0.1, 0.15) is 19.8 Å². The molecule has 0 aliphatic heterocycles. The molecule has 4 N–H and O–H groups in total. The molecule has 13 heavy (non-hydrogen) atoms. The summed E-state index contributed by atoms with van der Waals surface area (Å²) in [5, 5.41) is 2.67. The number of carbonyl (C=O) groups excluding carboxylic acids is 1. The molecule has 0 aromatic rings. The molecule has 0 radical (unpaired) electrons. The van der Waals surface area contributed by atoms with Crippen LogP contribution >= 0.6 is 0 Å². The molecular formula is C6H13N5O2. The third kappa shape index (κ3) is 4.32. The first-order chi connectivity index (χ1) is 6.04. The fraction of sp³-hybridized carbons (Fsp3) is 0.833. The van der Waals surface area contributed by atoms with E-state index in [0.29, 0.717) is 19.4 Å². The summed E-state index contributed by atoms with van der Waals surface area (Å²) in [6.07, 6.45) is 1.00. The normalized spacial score (nSPS) is 14.1. The van der Waals surface area contributed by atoms with Crippen LogP contribution in [0.3, 0.4) is 0 Å². The lowest BCUT2D eigenvalue weighted by Crippen LogP contribution is -2.45. The molecule has 0 aliphatic rings. The van der Waals surface area contributed by atoms with Gasteiger partial charge in [-0.15, -0.1) is 0 Å². The minimum Gasteiger partial charge on any atom is -0.357 e. The lowest BCUT2D eigenvalue weighted by Gasteiger charge is -2.19. The quantitative estimate of drug-likeness (QED) is 0.276. The zero-order valence-electron chi connectivity index (χ0n) is 7.43. The topological polar surface area (TPSA) is 127 Å². The Hall–Kier alpha value is -1.30. The van der Waals surface area contributed by atoms with Crippen LogP contribution in [0.25, 0.3) is 10.4 Å². The molecule has 0 saturated carbocycles. The second kappa shape index (κ2) is 5.36. The average Bonchev–Trinajstić information content (AvgIpc) is 2.10. The summed E-state index contributed by atoms with van der Waals surface area (Å²) in [4.78, 5) is 17.5.